The van der Waals surface area contributed by atoms with Crippen LogP contribution in [0.5, 0.6) is 5.75 Å². The van der Waals surface area contributed by atoms with E-state index >= 15 is 0 Å². The van der Waals surface area contributed by atoms with Crippen LogP contribution in [0, 0.1) is 0 Å². The van der Waals surface area contributed by atoms with Crippen molar-refractivity contribution in [1.29, 1.82) is 0 Å². The monoisotopic (exact) mass is 452 g/mol. The summed E-state index contributed by atoms with van der Waals surface area (Å²) in [7, 11) is 0. The number of rotatable bonds is 7. The number of amides is 2. The van der Waals surface area contributed by atoms with Crippen LogP contribution in [0.15, 0.2) is 72.8 Å². The zero-order valence-corrected chi connectivity index (χ0v) is 18.0. The summed E-state index contributed by atoms with van der Waals surface area (Å²) in [5, 5.41) is 6.11. The van der Waals surface area contributed by atoms with E-state index in [1.54, 1.807) is 43.3 Å². The lowest BCUT2D eigenvalue weighted by molar-refractivity contribution is -0.115. The van der Waals surface area contributed by atoms with E-state index in [-0.39, 0.29) is 30.6 Å². The first-order valence-corrected chi connectivity index (χ1v) is 10.2. The van der Waals surface area contributed by atoms with Gasteiger partial charge in [0.1, 0.15) is 5.75 Å². The van der Waals surface area contributed by atoms with Crippen molar-refractivity contribution in [1.82, 2.24) is 0 Å². The van der Waals surface area contributed by atoms with E-state index in [0.717, 1.165) is 5.56 Å². The maximum absolute atomic E-state index is 12.4. The molecule has 0 heterocycles. The zero-order valence-electron chi connectivity index (χ0n) is 17.3. The van der Waals surface area contributed by atoms with Crippen LogP contribution in [0.2, 0.25) is 5.02 Å². The molecule has 0 aliphatic carbocycles. The Hall–Kier alpha value is -3.84. The molecule has 164 valence electrons. The number of carbonyl (C=O) groups is 3. The maximum Gasteiger partial charge on any atom is 0.513 e. The van der Waals surface area contributed by atoms with Gasteiger partial charge in [-0.1, -0.05) is 29.8 Å². The molecule has 3 rings (SSSR count). The molecule has 0 atom stereocenters. The average molecular weight is 453 g/mol. The molecule has 3 aromatic carbocycles. The fourth-order valence-corrected chi connectivity index (χ4v) is 2.98. The molecule has 0 aliphatic rings. The highest BCUT2D eigenvalue weighted by atomic mass is 35.5. The summed E-state index contributed by atoms with van der Waals surface area (Å²) in [6.07, 6.45) is -0.641. The minimum atomic E-state index is -0.802. The number of nitrogens with one attached hydrogen (secondary N) is 2. The van der Waals surface area contributed by atoms with E-state index in [0.29, 0.717) is 22.0 Å². The van der Waals surface area contributed by atoms with Gasteiger partial charge in [-0.2, -0.15) is 0 Å². The Morgan fingerprint density at radius 1 is 0.844 bits per heavy atom. The Labute approximate surface area is 190 Å². The van der Waals surface area contributed by atoms with E-state index in [9.17, 15) is 14.4 Å². The molecule has 0 aliphatic heterocycles. The number of hydrogen-bond acceptors (Lipinski definition) is 5. The van der Waals surface area contributed by atoms with Crippen molar-refractivity contribution < 1.29 is 23.9 Å². The Morgan fingerprint density at radius 3 is 2.09 bits per heavy atom. The predicted octanol–water partition coefficient (Wildman–Crippen LogP) is 5.31. The lowest BCUT2D eigenvalue weighted by Crippen LogP contribution is -2.15. The first-order chi connectivity index (χ1) is 15.4. The first-order valence-electron chi connectivity index (χ1n) is 9.84. The van der Waals surface area contributed by atoms with Crippen LogP contribution in [-0.4, -0.2) is 24.6 Å². The van der Waals surface area contributed by atoms with Crippen LogP contribution in [0.4, 0.5) is 16.2 Å². The number of hydrogen-bond donors (Lipinski definition) is 2. The van der Waals surface area contributed by atoms with Gasteiger partial charge in [0.25, 0.3) is 5.91 Å². The number of halogens is 1. The topological polar surface area (TPSA) is 93.7 Å². The maximum atomic E-state index is 12.4. The van der Waals surface area contributed by atoms with Crippen molar-refractivity contribution in [2.24, 2.45) is 0 Å². The predicted molar refractivity (Wildman–Crippen MR) is 122 cm³/mol. The van der Waals surface area contributed by atoms with Gasteiger partial charge in [-0.25, -0.2) is 4.79 Å². The molecule has 0 fully saturated rings. The van der Waals surface area contributed by atoms with Crippen molar-refractivity contribution in [3.05, 3.63) is 88.9 Å². The fourth-order valence-electron chi connectivity index (χ4n) is 2.78. The van der Waals surface area contributed by atoms with E-state index in [1.165, 1.54) is 24.3 Å². The largest absolute Gasteiger partial charge is 0.513 e. The smallest absolute Gasteiger partial charge is 0.434 e. The van der Waals surface area contributed by atoms with E-state index < -0.39 is 6.16 Å². The Balaban J connectivity index is 1.53. The molecule has 3 aromatic rings. The van der Waals surface area contributed by atoms with Gasteiger partial charge in [0.15, 0.2) is 0 Å². The Kier molecular flexibility index (Phi) is 7.83. The van der Waals surface area contributed by atoms with Gasteiger partial charge >= 0.3 is 6.16 Å². The second-order valence-electron chi connectivity index (χ2n) is 6.66. The normalized spacial score (nSPS) is 10.2. The second kappa shape index (κ2) is 11.0. The molecule has 0 radical (unpaired) electrons. The van der Waals surface area contributed by atoms with Gasteiger partial charge in [0.05, 0.1) is 13.0 Å². The molecule has 2 N–H and O–H groups in total. The lowest BCUT2D eigenvalue weighted by atomic mass is 10.1. The summed E-state index contributed by atoms with van der Waals surface area (Å²) in [6.45, 7) is 1.89. The highest BCUT2D eigenvalue weighted by Crippen LogP contribution is 2.19. The molecule has 0 saturated carbocycles. The molecular weight excluding hydrogens is 432 g/mol. The third kappa shape index (κ3) is 6.58. The third-order valence-electron chi connectivity index (χ3n) is 4.32. The molecule has 0 aromatic heterocycles. The fraction of sp³-hybridized carbons (Fsp3) is 0.125. The summed E-state index contributed by atoms with van der Waals surface area (Å²) in [4.78, 5) is 36.0. The standard InChI is InChI=1S/C24H21ClN2O5/c1-2-31-24(30)32-20-13-7-16(8-14-20)23(29)27-19-11-9-18(10-12-19)26-22(28)15-17-5-3-4-6-21(17)25/h3-14H,2,15H2,1H3,(H,26,28)(H,27,29). The van der Waals surface area contributed by atoms with Gasteiger partial charge in [-0.3, -0.25) is 9.59 Å². The Bertz CT molecular complexity index is 1100. The van der Waals surface area contributed by atoms with Crippen LogP contribution < -0.4 is 15.4 Å². The summed E-state index contributed by atoms with van der Waals surface area (Å²) in [5.41, 5.74) is 2.29. The van der Waals surface area contributed by atoms with Gasteiger partial charge in [-0.15, -0.1) is 0 Å². The second-order valence-corrected chi connectivity index (χ2v) is 7.06. The Morgan fingerprint density at radius 2 is 1.47 bits per heavy atom. The van der Waals surface area contributed by atoms with Crippen LogP contribution in [0.3, 0.4) is 0 Å². The van der Waals surface area contributed by atoms with Crippen molar-refractivity contribution in [3.8, 4) is 5.75 Å². The minimum absolute atomic E-state index is 0.161. The van der Waals surface area contributed by atoms with Crippen molar-refractivity contribution >= 4 is 40.9 Å². The molecule has 0 saturated heterocycles. The third-order valence-corrected chi connectivity index (χ3v) is 4.68. The molecule has 32 heavy (non-hydrogen) atoms. The van der Waals surface area contributed by atoms with Crippen molar-refractivity contribution in [3.63, 3.8) is 0 Å². The van der Waals surface area contributed by atoms with E-state index in [4.69, 9.17) is 21.1 Å². The molecule has 0 bridgehead atoms. The van der Waals surface area contributed by atoms with Crippen molar-refractivity contribution in [2.45, 2.75) is 13.3 Å². The highest BCUT2D eigenvalue weighted by molar-refractivity contribution is 6.31. The molecule has 0 unspecified atom stereocenters. The molecule has 7 nitrogen and oxygen atoms in total. The minimum Gasteiger partial charge on any atom is -0.434 e. The van der Waals surface area contributed by atoms with E-state index in [2.05, 4.69) is 10.6 Å². The zero-order chi connectivity index (χ0) is 22.9. The molecule has 8 heteroatoms. The van der Waals surface area contributed by atoms with Gasteiger partial charge in [0, 0.05) is 22.0 Å². The summed E-state index contributed by atoms with van der Waals surface area (Å²) in [5.74, 6) is -0.250. The molecular formula is C24H21ClN2O5. The number of carbonyl (C=O) groups excluding carboxylic acids is 3. The van der Waals surface area contributed by atoms with Crippen LogP contribution >= 0.6 is 11.6 Å². The lowest BCUT2D eigenvalue weighted by Gasteiger charge is -2.09. The highest BCUT2D eigenvalue weighted by Gasteiger charge is 2.10. The molecule has 2 amide bonds. The van der Waals surface area contributed by atoms with Crippen LogP contribution in [0.1, 0.15) is 22.8 Å². The summed E-state index contributed by atoms with van der Waals surface area (Å²) >= 11 is 6.09. The van der Waals surface area contributed by atoms with E-state index in [1.807, 2.05) is 12.1 Å². The van der Waals surface area contributed by atoms with Crippen molar-refractivity contribution in [2.75, 3.05) is 17.2 Å². The summed E-state index contributed by atoms with van der Waals surface area (Å²) < 4.78 is 9.66. The number of ether oxygens (including phenoxy) is 2. The van der Waals surface area contributed by atoms with Crippen LogP contribution in [-0.2, 0) is 16.0 Å². The first kappa shape index (κ1) is 22.8. The SMILES string of the molecule is CCOC(=O)Oc1ccc(C(=O)Nc2ccc(NC(=O)Cc3ccccc3Cl)cc2)cc1. The van der Waals surface area contributed by atoms with Gasteiger partial charge in [-0.05, 0) is 67.1 Å². The quantitative estimate of drug-likeness (QED) is 0.374. The number of anilines is 2. The van der Waals surface area contributed by atoms with Crippen LogP contribution in [0.25, 0.3) is 0 Å². The molecule has 0 spiro atoms. The average Bonchev–Trinajstić information content (AvgIpc) is 2.77. The number of benzene rings is 3. The summed E-state index contributed by atoms with van der Waals surface area (Å²) in [6, 6.07) is 20.0. The van der Waals surface area contributed by atoms with Gasteiger partial charge < -0.3 is 20.1 Å². The van der Waals surface area contributed by atoms with Gasteiger partial charge in [0.2, 0.25) is 5.91 Å².